The van der Waals surface area contributed by atoms with Gasteiger partial charge in [0.25, 0.3) is 0 Å². The summed E-state index contributed by atoms with van der Waals surface area (Å²) in [6, 6.07) is 13.9. The van der Waals surface area contributed by atoms with E-state index in [2.05, 4.69) is 13.8 Å². The topological polar surface area (TPSA) is 52.6 Å². The quantitative estimate of drug-likeness (QED) is 0.575. The van der Waals surface area contributed by atoms with Gasteiger partial charge in [-0.3, -0.25) is 0 Å². The molecule has 126 valence electrons. The summed E-state index contributed by atoms with van der Waals surface area (Å²) in [5.41, 5.74) is 1.58. The van der Waals surface area contributed by atoms with Gasteiger partial charge >= 0.3 is 11.9 Å². The molecule has 24 heavy (non-hydrogen) atoms. The smallest absolute Gasteiger partial charge is 0.344 e. The maximum atomic E-state index is 12.4. The first kappa shape index (κ1) is 17.7. The number of hydrogen-bond acceptors (Lipinski definition) is 4. The Hall–Kier alpha value is -2.62. The van der Waals surface area contributed by atoms with Crippen LogP contribution in [0.15, 0.2) is 48.5 Å². The summed E-state index contributed by atoms with van der Waals surface area (Å²) in [7, 11) is 0. The largest absolute Gasteiger partial charge is 0.462 e. The minimum Gasteiger partial charge on any atom is -0.462 e. The zero-order valence-corrected chi connectivity index (χ0v) is 14.2. The average molecular weight is 326 g/mol. The Morgan fingerprint density at radius 2 is 1.50 bits per heavy atom. The predicted molar refractivity (Wildman–Crippen MR) is 92.5 cm³/mol. The molecule has 0 fully saturated rings. The third-order valence-electron chi connectivity index (χ3n) is 3.56. The van der Waals surface area contributed by atoms with E-state index < -0.39 is 11.9 Å². The molecule has 0 spiro atoms. The van der Waals surface area contributed by atoms with Crippen LogP contribution in [0.3, 0.4) is 0 Å². The van der Waals surface area contributed by atoms with Gasteiger partial charge in [-0.15, -0.1) is 0 Å². The first-order valence-electron chi connectivity index (χ1n) is 8.11. The second-order valence-corrected chi connectivity index (χ2v) is 5.79. The van der Waals surface area contributed by atoms with Crippen molar-refractivity contribution < 1.29 is 19.1 Å². The van der Waals surface area contributed by atoms with E-state index in [0.717, 1.165) is 6.42 Å². The molecule has 0 saturated heterocycles. The van der Waals surface area contributed by atoms with Crippen LogP contribution in [-0.4, -0.2) is 18.5 Å². The van der Waals surface area contributed by atoms with Gasteiger partial charge in [-0.2, -0.15) is 0 Å². The third kappa shape index (κ3) is 4.44. The monoisotopic (exact) mass is 326 g/mol. The van der Waals surface area contributed by atoms with Crippen LogP contribution >= 0.6 is 0 Å². The van der Waals surface area contributed by atoms with Crippen LogP contribution in [0, 0.1) is 0 Å². The zero-order chi connectivity index (χ0) is 17.5. The first-order chi connectivity index (χ1) is 11.5. The highest BCUT2D eigenvalue weighted by Gasteiger charge is 2.19. The molecule has 0 N–H and O–H groups in total. The van der Waals surface area contributed by atoms with Crippen LogP contribution in [0.5, 0.6) is 5.75 Å². The molecule has 0 atom stereocenters. The van der Waals surface area contributed by atoms with Crippen molar-refractivity contribution in [2.75, 3.05) is 6.61 Å². The highest BCUT2D eigenvalue weighted by Crippen LogP contribution is 2.20. The van der Waals surface area contributed by atoms with E-state index in [0.29, 0.717) is 18.3 Å². The normalized spacial score (nSPS) is 10.5. The molecular weight excluding hydrogens is 304 g/mol. The number of ether oxygens (including phenoxy) is 2. The van der Waals surface area contributed by atoms with Gasteiger partial charge in [0.15, 0.2) is 0 Å². The molecular formula is C20H22O4. The van der Waals surface area contributed by atoms with Crippen molar-refractivity contribution in [1.82, 2.24) is 0 Å². The van der Waals surface area contributed by atoms with Gasteiger partial charge in [0.2, 0.25) is 0 Å². The second kappa shape index (κ2) is 8.29. The van der Waals surface area contributed by atoms with Crippen molar-refractivity contribution in [2.24, 2.45) is 0 Å². The Bertz CT molecular complexity index is 702. The summed E-state index contributed by atoms with van der Waals surface area (Å²) in [4.78, 5) is 24.5. The lowest BCUT2D eigenvalue weighted by Gasteiger charge is -2.10. The number of benzene rings is 2. The lowest BCUT2D eigenvalue weighted by atomic mass is 10.0. The molecule has 0 aliphatic carbocycles. The van der Waals surface area contributed by atoms with E-state index in [1.54, 1.807) is 36.4 Å². The van der Waals surface area contributed by atoms with E-state index in [1.165, 1.54) is 5.56 Å². The van der Waals surface area contributed by atoms with Crippen LogP contribution < -0.4 is 4.74 Å². The highest BCUT2D eigenvalue weighted by molar-refractivity contribution is 6.03. The predicted octanol–water partition coefficient (Wildman–Crippen LogP) is 4.60. The molecule has 0 radical (unpaired) electrons. The van der Waals surface area contributed by atoms with Crippen molar-refractivity contribution in [1.29, 1.82) is 0 Å². The van der Waals surface area contributed by atoms with Gasteiger partial charge in [0, 0.05) is 0 Å². The zero-order valence-electron chi connectivity index (χ0n) is 14.2. The fraction of sp³-hybridized carbons (Fsp3) is 0.300. The SMILES string of the molecule is CCCOC(=O)c1ccccc1C(=O)Oc1ccc(C(C)C)cc1. The molecule has 0 heterocycles. The van der Waals surface area contributed by atoms with Crippen molar-refractivity contribution >= 4 is 11.9 Å². The summed E-state index contributed by atoms with van der Waals surface area (Å²) in [6.07, 6.45) is 0.723. The molecule has 2 aromatic rings. The maximum Gasteiger partial charge on any atom is 0.344 e. The molecule has 0 unspecified atom stereocenters. The van der Waals surface area contributed by atoms with Crippen molar-refractivity contribution in [3.63, 3.8) is 0 Å². The van der Waals surface area contributed by atoms with Crippen molar-refractivity contribution in [2.45, 2.75) is 33.1 Å². The molecule has 0 amide bonds. The van der Waals surface area contributed by atoms with E-state index in [1.807, 2.05) is 19.1 Å². The van der Waals surface area contributed by atoms with Crippen molar-refractivity contribution in [3.8, 4) is 5.75 Å². The van der Waals surface area contributed by atoms with Crippen LogP contribution in [0.25, 0.3) is 0 Å². The Balaban J connectivity index is 2.16. The fourth-order valence-electron chi connectivity index (χ4n) is 2.19. The van der Waals surface area contributed by atoms with Gasteiger partial charge in [0.1, 0.15) is 5.75 Å². The number of carbonyl (C=O) groups excluding carboxylic acids is 2. The summed E-state index contributed by atoms with van der Waals surface area (Å²) in [6.45, 7) is 6.42. The minimum absolute atomic E-state index is 0.200. The number of hydrogen-bond donors (Lipinski definition) is 0. The maximum absolute atomic E-state index is 12.4. The molecule has 0 aliphatic heterocycles. The van der Waals surface area contributed by atoms with E-state index >= 15 is 0 Å². The van der Waals surface area contributed by atoms with Crippen LogP contribution in [-0.2, 0) is 4.74 Å². The average Bonchev–Trinajstić information content (AvgIpc) is 2.60. The van der Waals surface area contributed by atoms with Gasteiger partial charge in [0.05, 0.1) is 17.7 Å². The lowest BCUT2D eigenvalue weighted by molar-refractivity contribution is 0.0496. The Kier molecular flexibility index (Phi) is 6.13. The number of carbonyl (C=O) groups is 2. The molecule has 4 nitrogen and oxygen atoms in total. The summed E-state index contributed by atoms with van der Waals surface area (Å²) in [5.74, 6) is -0.235. The highest BCUT2D eigenvalue weighted by atomic mass is 16.5. The molecule has 0 aromatic heterocycles. The van der Waals surface area contributed by atoms with E-state index in [-0.39, 0.29) is 11.1 Å². The van der Waals surface area contributed by atoms with Crippen LogP contribution in [0.1, 0.15) is 59.4 Å². The summed E-state index contributed by atoms with van der Waals surface area (Å²) >= 11 is 0. The van der Waals surface area contributed by atoms with Crippen molar-refractivity contribution in [3.05, 3.63) is 65.2 Å². The van der Waals surface area contributed by atoms with Gasteiger partial charge in [-0.05, 0) is 42.2 Å². The van der Waals surface area contributed by atoms with Crippen LogP contribution in [0.4, 0.5) is 0 Å². The van der Waals surface area contributed by atoms with E-state index in [9.17, 15) is 9.59 Å². The first-order valence-corrected chi connectivity index (χ1v) is 8.11. The fourth-order valence-corrected chi connectivity index (χ4v) is 2.19. The van der Waals surface area contributed by atoms with Gasteiger partial charge in [-0.25, -0.2) is 9.59 Å². The number of esters is 2. The molecule has 0 saturated carbocycles. The Morgan fingerprint density at radius 3 is 2.04 bits per heavy atom. The summed E-state index contributed by atoms with van der Waals surface area (Å²) in [5, 5.41) is 0. The van der Waals surface area contributed by atoms with E-state index in [4.69, 9.17) is 9.47 Å². The van der Waals surface area contributed by atoms with Gasteiger partial charge < -0.3 is 9.47 Å². The summed E-state index contributed by atoms with van der Waals surface area (Å²) < 4.78 is 10.5. The molecule has 0 bridgehead atoms. The van der Waals surface area contributed by atoms with Crippen LogP contribution in [0.2, 0.25) is 0 Å². The third-order valence-corrected chi connectivity index (χ3v) is 3.56. The Morgan fingerprint density at radius 1 is 0.917 bits per heavy atom. The minimum atomic E-state index is -0.573. The lowest BCUT2D eigenvalue weighted by Crippen LogP contribution is -2.16. The standard InChI is InChI=1S/C20H22O4/c1-4-13-23-19(21)17-7-5-6-8-18(17)20(22)24-16-11-9-15(10-12-16)14(2)3/h5-12,14H,4,13H2,1-3H3. The molecule has 2 aromatic carbocycles. The second-order valence-electron chi connectivity index (χ2n) is 5.79. The number of rotatable bonds is 6. The molecule has 4 heteroatoms. The molecule has 2 rings (SSSR count). The molecule has 0 aliphatic rings. The van der Waals surface area contributed by atoms with Gasteiger partial charge in [-0.1, -0.05) is 45.0 Å². The Labute approximate surface area is 142 Å².